The van der Waals surface area contributed by atoms with Gasteiger partial charge >= 0.3 is 0 Å². The van der Waals surface area contributed by atoms with Crippen molar-refractivity contribution in [2.24, 2.45) is 0 Å². The van der Waals surface area contributed by atoms with E-state index >= 15 is 0 Å². The maximum absolute atomic E-state index is 8.88. The Bertz CT molecular complexity index is 787. The number of anilines is 1. The molecular formula is C17H13N3. The van der Waals surface area contributed by atoms with Gasteiger partial charge in [0.2, 0.25) is 0 Å². The van der Waals surface area contributed by atoms with Crippen molar-refractivity contribution < 1.29 is 0 Å². The second kappa shape index (κ2) is 5.41. The van der Waals surface area contributed by atoms with Crippen molar-refractivity contribution in [3.8, 4) is 6.07 Å². The van der Waals surface area contributed by atoms with Crippen LogP contribution in [-0.4, -0.2) is 4.98 Å². The molecule has 2 aromatic carbocycles. The number of fused-ring (bicyclic) bond motifs is 1. The maximum Gasteiger partial charge on any atom is 0.126 e. The van der Waals surface area contributed by atoms with Crippen LogP contribution >= 0.6 is 0 Å². The first-order valence-electron chi connectivity index (χ1n) is 6.44. The van der Waals surface area contributed by atoms with Crippen molar-refractivity contribution in [2.75, 3.05) is 5.32 Å². The number of hydrogen-bond acceptors (Lipinski definition) is 3. The molecule has 0 fully saturated rings. The van der Waals surface area contributed by atoms with Crippen LogP contribution in [0.2, 0.25) is 0 Å². The lowest BCUT2D eigenvalue weighted by molar-refractivity contribution is 1.12. The van der Waals surface area contributed by atoms with E-state index in [4.69, 9.17) is 5.26 Å². The number of rotatable bonds is 3. The van der Waals surface area contributed by atoms with E-state index < -0.39 is 0 Å². The topological polar surface area (TPSA) is 48.7 Å². The van der Waals surface area contributed by atoms with Gasteiger partial charge in [-0.2, -0.15) is 5.26 Å². The van der Waals surface area contributed by atoms with E-state index in [1.165, 1.54) is 0 Å². The fraction of sp³-hybridized carbons (Fsp3) is 0.0588. The van der Waals surface area contributed by atoms with E-state index in [-0.39, 0.29) is 0 Å². The molecule has 0 atom stereocenters. The molecule has 0 radical (unpaired) electrons. The molecule has 96 valence electrons. The van der Waals surface area contributed by atoms with Crippen molar-refractivity contribution >= 4 is 16.7 Å². The van der Waals surface area contributed by atoms with Crippen molar-refractivity contribution in [1.29, 1.82) is 5.26 Å². The minimum Gasteiger partial charge on any atom is -0.366 e. The molecule has 0 saturated heterocycles. The van der Waals surface area contributed by atoms with Gasteiger partial charge in [-0.3, -0.25) is 0 Å². The molecule has 3 nitrogen and oxygen atoms in total. The molecule has 0 aliphatic carbocycles. The second-order valence-electron chi connectivity index (χ2n) is 4.55. The third kappa shape index (κ3) is 2.60. The number of aromatic nitrogens is 1. The van der Waals surface area contributed by atoms with Gasteiger partial charge in [0, 0.05) is 11.9 Å². The van der Waals surface area contributed by atoms with Crippen LogP contribution < -0.4 is 5.32 Å². The zero-order valence-corrected chi connectivity index (χ0v) is 10.9. The fourth-order valence-electron chi connectivity index (χ4n) is 2.11. The van der Waals surface area contributed by atoms with Crippen LogP contribution in [0.15, 0.2) is 60.7 Å². The Labute approximate surface area is 117 Å². The van der Waals surface area contributed by atoms with Crippen molar-refractivity contribution in [1.82, 2.24) is 4.98 Å². The summed E-state index contributed by atoms with van der Waals surface area (Å²) < 4.78 is 0. The average molecular weight is 259 g/mol. The molecule has 1 aromatic heterocycles. The summed E-state index contributed by atoms with van der Waals surface area (Å²) in [6.45, 7) is 0.654. The number of nitriles is 1. The number of benzene rings is 2. The highest BCUT2D eigenvalue weighted by atomic mass is 15.0. The summed E-state index contributed by atoms with van der Waals surface area (Å²) in [6.07, 6.45) is 0. The van der Waals surface area contributed by atoms with Crippen LogP contribution in [0.5, 0.6) is 0 Å². The molecule has 1 heterocycles. The minimum atomic E-state index is 0.654. The predicted octanol–water partition coefficient (Wildman–Crippen LogP) is 3.72. The molecule has 0 bridgehead atoms. The van der Waals surface area contributed by atoms with Crippen LogP contribution in [-0.2, 0) is 6.54 Å². The first-order valence-corrected chi connectivity index (χ1v) is 6.44. The second-order valence-corrected chi connectivity index (χ2v) is 4.55. The van der Waals surface area contributed by atoms with Gasteiger partial charge in [-0.25, -0.2) is 4.98 Å². The smallest absolute Gasteiger partial charge is 0.126 e. The highest BCUT2D eigenvalue weighted by molar-refractivity contribution is 5.80. The third-order valence-corrected chi connectivity index (χ3v) is 3.13. The van der Waals surface area contributed by atoms with Gasteiger partial charge in [0.25, 0.3) is 0 Å². The van der Waals surface area contributed by atoms with Crippen molar-refractivity contribution in [2.45, 2.75) is 6.54 Å². The van der Waals surface area contributed by atoms with Crippen LogP contribution in [0.4, 0.5) is 5.82 Å². The molecule has 0 saturated carbocycles. The van der Waals surface area contributed by atoms with E-state index in [1.807, 2.05) is 48.5 Å². The molecule has 3 heteroatoms. The highest BCUT2D eigenvalue weighted by Crippen LogP contribution is 2.15. The number of hydrogen-bond donors (Lipinski definition) is 1. The average Bonchev–Trinajstić information content (AvgIpc) is 2.53. The van der Waals surface area contributed by atoms with Gasteiger partial charge in [-0.1, -0.05) is 30.3 Å². The first kappa shape index (κ1) is 12.2. The van der Waals surface area contributed by atoms with Crippen molar-refractivity contribution in [3.63, 3.8) is 0 Å². The Morgan fingerprint density at radius 1 is 1.00 bits per heavy atom. The molecule has 0 aliphatic rings. The number of pyridine rings is 1. The Kier molecular flexibility index (Phi) is 3.30. The fourth-order valence-corrected chi connectivity index (χ4v) is 2.11. The molecule has 20 heavy (non-hydrogen) atoms. The Morgan fingerprint density at radius 3 is 2.80 bits per heavy atom. The van der Waals surface area contributed by atoms with E-state index in [9.17, 15) is 0 Å². The molecule has 1 N–H and O–H groups in total. The van der Waals surface area contributed by atoms with Gasteiger partial charge in [0.05, 0.1) is 17.1 Å². The monoisotopic (exact) mass is 259 g/mol. The van der Waals surface area contributed by atoms with Gasteiger partial charge in [-0.15, -0.1) is 0 Å². The lowest BCUT2D eigenvalue weighted by atomic mass is 10.1. The molecule has 0 spiro atoms. The molecule has 3 rings (SSSR count). The minimum absolute atomic E-state index is 0.654. The summed E-state index contributed by atoms with van der Waals surface area (Å²) in [5, 5.41) is 13.3. The van der Waals surface area contributed by atoms with Gasteiger partial charge in [0.15, 0.2) is 0 Å². The highest BCUT2D eigenvalue weighted by Gasteiger charge is 1.99. The standard InChI is InChI=1S/C17H13N3/c18-11-13-4-3-5-14(10-13)12-19-17-9-8-15-6-1-2-7-16(15)20-17/h1-10H,12H2,(H,19,20). The predicted molar refractivity (Wildman–Crippen MR) is 80.2 cm³/mol. The SMILES string of the molecule is N#Cc1cccc(CNc2ccc3ccccc3n2)c1. The van der Waals surface area contributed by atoms with Crippen LogP contribution in [0.25, 0.3) is 10.9 Å². The quantitative estimate of drug-likeness (QED) is 0.779. The third-order valence-electron chi connectivity index (χ3n) is 3.13. The molecular weight excluding hydrogens is 246 g/mol. The first-order chi connectivity index (χ1) is 9.85. The summed E-state index contributed by atoms with van der Waals surface area (Å²) >= 11 is 0. The van der Waals surface area contributed by atoms with E-state index in [2.05, 4.69) is 22.4 Å². The van der Waals surface area contributed by atoms with Crippen LogP contribution in [0.1, 0.15) is 11.1 Å². The summed E-state index contributed by atoms with van der Waals surface area (Å²) in [5.74, 6) is 0.839. The number of para-hydroxylation sites is 1. The zero-order valence-electron chi connectivity index (χ0n) is 10.9. The lowest BCUT2D eigenvalue weighted by Crippen LogP contribution is -2.01. The van der Waals surface area contributed by atoms with E-state index in [0.717, 1.165) is 22.3 Å². The zero-order chi connectivity index (χ0) is 13.8. The lowest BCUT2D eigenvalue weighted by Gasteiger charge is -2.07. The molecule has 0 unspecified atom stereocenters. The van der Waals surface area contributed by atoms with Gasteiger partial charge < -0.3 is 5.32 Å². The van der Waals surface area contributed by atoms with Crippen molar-refractivity contribution in [3.05, 3.63) is 71.8 Å². The summed E-state index contributed by atoms with van der Waals surface area (Å²) in [7, 11) is 0. The van der Waals surface area contributed by atoms with Gasteiger partial charge in [0.1, 0.15) is 5.82 Å². The maximum atomic E-state index is 8.88. The van der Waals surface area contributed by atoms with Crippen LogP contribution in [0, 0.1) is 11.3 Å². The largest absolute Gasteiger partial charge is 0.366 e. The van der Waals surface area contributed by atoms with Crippen LogP contribution in [0.3, 0.4) is 0 Å². The van der Waals surface area contributed by atoms with E-state index in [0.29, 0.717) is 12.1 Å². The Balaban J connectivity index is 1.78. The summed E-state index contributed by atoms with van der Waals surface area (Å²) in [6, 6.07) is 21.8. The van der Waals surface area contributed by atoms with E-state index in [1.54, 1.807) is 6.07 Å². The molecule has 0 aliphatic heterocycles. The molecule has 3 aromatic rings. The number of nitrogens with zero attached hydrogens (tertiary/aromatic N) is 2. The summed E-state index contributed by atoms with van der Waals surface area (Å²) in [4.78, 5) is 4.56. The Morgan fingerprint density at radius 2 is 1.90 bits per heavy atom. The normalized spacial score (nSPS) is 10.2. The molecule has 0 amide bonds. The van der Waals surface area contributed by atoms with Gasteiger partial charge in [-0.05, 0) is 35.9 Å². The summed E-state index contributed by atoms with van der Waals surface area (Å²) in [5.41, 5.74) is 2.72. The number of nitrogens with one attached hydrogen (secondary N) is 1. The Hall–Kier alpha value is -2.86.